The van der Waals surface area contributed by atoms with Gasteiger partial charge in [-0.3, -0.25) is 23.8 Å². The van der Waals surface area contributed by atoms with Gasteiger partial charge in [0.2, 0.25) is 5.95 Å². The van der Waals surface area contributed by atoms with Gasteiger partial charge in [-0.05, 0) is 30.8 Å². The van der Waals surface area contributed by atoms with Crippen LogP contribution in [0.25, 0.3) is 22.3 Å². The minimum Gasteiger partial charge on any atom is -0.424 e. The van der Waals surface area contributed by atoms with Crippen molar-refractivity contribution >= 4 is 66.9 Å². The van der Waals surface area contributed by atoms with Crippen LogP contribution in [0.4, 0.5) is 21.7 Å². The van der Waals surface area contributed by atoms with Crippen molar-refractivity contribution in [3.63, 3.8) is 0 Å². The number of likely N-dealkylation sites (N-methyl/N-ethyl adjacent to an activating group) is 1. The number of halogens is 2. The number of piperazine rings is 1. The third-order valence-corrected chi connectivity index (χ3v) is 11.6. The van der Waals surface area contributed by atoms with Crippen LogP contribution in [0, 0.1) is 5.82 Å². The molecular weight excluding hydrogens is 707 g/mol. The summed E-state index contributed by atoms with van der Waals surface area (Å²) < 4.78 is 44.9. The number of carbonyl (C=O) groups excluding carboxylic acids is 2. The first-order chi connectivity index (χ1) is 23.0. The minimum atomic E-state index is -5.45. The number of ketones is 1. The quantitative estimate of drug-likeness (QED) is 0.0528. The number of allylic oxidation sites excluding steroid dienone is 1. The van der Waals surface area contributed by atoms with Gasteiger partial charge in [0.15, 0.2) is 28.4 Å². The second-order valence-electron chi connectivity index (χ2n) is 11.2. The molecule has 20 heteroatoms. The van der Waals surface area contributed by atoms with E-state index in [2.05, 4.69) is 32.1 Å². The Morgan fingerprint density at radius 1 is 1.12 bits per heavy atom. The molecule has 0 unspecified atom stereocenters. The van der Waals surface area contributed by atoms with Crippen molar-refractivity contribution in [2.45, 2.75) is 18.2 Å². The summed E-state index contributed by atoms with van der Waals surface area (Å²) in [5, 5.41) is 7.47. The number of esters is 1. The number of aromatic nitrogens is 4. The van der Waals surface area contributed by atoms with E-state index in [1.54, 1.807) is 29.2 Å². The highest BCUT2D eigenvalue weighted by Gasteiger charge is 2.45. The first-order valence-electron chi connectivity index (χ1n) is 14.5. The van der Waals surface area contributed by atoms with Gasteiger partial charge in [-0.15, -0.1) is 0 Å². The summed E-state index contributed by atoms with van der Waals surface area (Å²) >= 11 is 6.38. The Balaban J connectivity index is 1.54. The maximum Gasteiger partial charge on any atom is 0.341 e. The van der Waals surface area contributed by atoms with Gasteiger partial charge < -0.3 is 39.4 Å². The van der Waals surface area contributed by atoms with E-state index in [1.807, 2.05) is 11.9 Å². The number of anilines is 3. The van der Waals surface area contributed by atoms with Crippen LogP contribution < -0.4 is 15.0 Å². The molecule has 0 spiro atoms. The number of nitrogens with zero attached hydrogens (tertiary/aromatic N) is 5. The van der Waals surface area contributed by atoms with Crippen molar-refractivity contribution in [2.75, 3.05) is 43.4 Å². The second-order valence-corrected chi connectivity index (χ2v) is 15.6. The molecule has 0 amide bonds. The molecule has 16 nitrogen and oxygen atoms in total. The van der Waals surface area contributed by atoms with E-state index < -0.39 is 38.8 Å². The summed E-state index contributed by atoms with van der Waals surface area (Å²) in [4.78, 5) is 75.4. The molecule has 1 fully saturated rings. The van der Waals surface area contributed by atoms with E-state index in [0.29, 0.717) is 48.4 Å². The fourth-order valence-electron chi connectivity index (χ4n) is 5.19. The Hall–Kier alpha value is -4.05. The number of nitrogens with one attached hydrogen (secondary N) is 2. The second kappa shape index (κ2) is 14.4. The summed E-state index contributed by atoms with van der Waals surface area (Å²) in [6.07, 6.45) is -0.0340. The topological polar surface area (TPSA) is 231 Å². The van der Waals surface area contributed by atoms with E-state index in [1.165, 1.54) is 12.1 Å². The SMILES string of the molecule is C=CC(=O)Cc1cccc(-c2nc(Nc3cc(F)c(N4CCN(C)CC4)c(OC(=O)CC(P(=O)(O)O)P(=O)(O)O)c3)nc3n[nH]c(Cl)c23)c1. The maximum absolute atomic E-state index is 15.9. The van der Waals surface area contributed by atoms with E-state index in [9.17, 15) is 38.3 Å². The highest BCUT2D eigenvalue weighted by atomic mass is 35.5. The van der Waals surface area contributed by atoms with Gasteiger partial charge >= 0.3 is 21.2 Å². The predicted octanol–water partition coefficient (Wildman–Crippen LogP) is 3.58. The Bertz CT molecular complexity index is 2010. The molecule has 49 heavy (non-hydrogen) atoms. The lowest BCUT2D eigenvalue weighted by atomic mass is 10.0. The van der Waals surface area contributed by atoms with Gasteiger partial charge in [0.05, 0.1) is 17.5 Å². The molecule has 0 saturated carbocycles. The number of ether oxygens (including phenoxy) is 1. The number of fused-ring (bicyclic) bond motifs is 1. The molecule has 2 aromatic carbocycles. The number of hydrogen-bond acceptors (Lipinski definition) is 11. The summed E-state index contributed by atoms with van der Waals surface area (Å²) in [5.74, 6) is -2.90. The Morgan fingerprint density at radius 3 is 2.47 bits per heavy atom. The smallest absolute Gasteiger partial charge is 0.341 e. The van der Waals surface area contributed by atoms with Gasteiger partial charge in [-0.2, -0.15) is 10.1 Å². The molecule has 0 atom stereocenters. The number of carbonyl (C=O) groups is 2. The first-order valence-corrected chi connectivity index (χ1v) is 18.3. The van der Waals surface area contributed by atoms with Crippen molar-refractivity contribution in [1.82, 2.24) is 25.1 Å². The Kier molecular flexibility index (Phi) is 10.7. The lowest BCUT2D eigenvalue weighted by molar-refractivity contribution is -0.134. The third-order valence-electron chi connectivity index (χ3n) is 7.63. The van der Waals surface area contributed by atoms with Crippen LogP contribution in [0.2, 0.25) is 5.15 Å². The van der Waals surface area contributed by atoms with Crippen LogP contribution in [0.5, 0.6) is 5.75 Å². The van der Waals surface area contributed by atoms with Gasteiger partial charge in [0.1, 0.15) is 10.8 Å². The molecule has 260 valence electrons. The zero-order valence-corrected chi connectivity index (χ0v) is 28.3. The summed E-state index contributed by atoms with van der Waals surface area (Å²) in [6, 6.07) is 9.29. The summed E-state index contributed by atoms with van der Waals surface area (Å²) in [5.41, 5.74) is 1.54. The lowest BCUT2D eigenvalue weighted by Crippen LogP contribution is -2.45. The molecule has 2 aromatic heterocycles. The van der Waals surface area contributed by atoms with E-state index in [4.69, 9.17) is 16.3 Å². The lowest BCUT2D eigenvalue weighted by Gasteiger charge is -2.35. The van der Waals surface area contributed by atoms with Crippen LogP contribution in [0.3, 0.4) is 0 Å². The third kappa shape index (κ3) is 8.58. The average molecular weight is 738 g/mol. The molecule has 6 N–H and O–H groups in total. The molecule has 1 aliphatic heterocycles. The normalized spacial score (nSPS) is 14.3. The fraction of sp³-hybridized carbons (Fsp3) is 0.276. The number of hydrogen-bond donors (Lipinski definition) is 6. The van der Waals surface area contributed by atoms with Gasteiger partial charge in [-0.25, -0.2) is 9.37 Å². The molecule has 0 aliphatic carbocycles. The van der Waals surface area contributed by atoms with Crippen LogP contribution >= 0.6 is 26.8 Å². The molecule has 3 heterocycles. The molecule has 1 aliphatic rings. The summed E-state index contributed by atoms with van der Waals surface area (Å²) in [6.45, 7) is 5.24. The monoisotopic (exact) mass is 737 g/mol. The van der Waals surface area contributed by atoms with Gasteiger partial charge in [-0.1, -0.05) is 36.4 Å². The van der Waals surface area contributed by atoms with Crippen molar-refractivity contribution < 1.29 is 47.4 Å². The van der Waals surface area contributed by atoms with Gasteiger partial charge in [0.25, 0.3) is 0 Å². The van der Waals surface area contributed by atoms with E-state index in [-0.39, 0.29) is 46.1 Å². The van der Waals surface area contributed by atoms with Crippen molar-refractivity contribution in [3.8, 4) is 17.0 Å². The van der Waals surface area contributed by atoms with Crippen molar-refractivity contribution in [1.29, 1.82) is 0 Å². The first kappa shape index (κ1) is 36.2. The van der Waals surface area contributed by atoms with Crippen molar-refractivity contribution in [2.24, 2.45) is 0 Å². The molecule has 0 radical (unpaired) electrons. The van der Waals surface area contributed by atoms with Gasteiger partial charge in [0, 0.05) is 49.9 Å². The number of benzene rings is 2. The standard InChI is InChI=1S/C29H31ClFN7O9P2/c1-3-19(39)12-16-5-4-6-17(11-16)25-24-27(30)35-36-28(24)34-29(33-25)32-18-13-20(31)26(38-9-7-37(2)8-10-38)21(14-18)47-22(40)15-23(48(41,42)43)49(44,45)46/h3-6,11,13-14,23H,1,7-10,12,15H2,2H3,(H2,41,42,43)(H2,44,45,46)(H2,32,33,34,35,36). The molecule has 1 saturated heterocycles. The number of rotatable bonds is 12. The largest absolute Gasteiger partial charge is 0.424 e. The Labute approximate surface area is 283 Å². The zero-order chi connectivity index (χ0) is 35.7. The highest BCUT2D eigenvalue weighted by Crippen LogP contribution is 2.61. The molecular formula is C29H31ClFN7O9P2. The molecule has 5 rings (SSSR count). The van der Waals surface area contributed by atoms with Crippen LogP contribution in [-0.2, 0) is 25.1 Å². The van der Waals surface area contributed by atoms with E-state index in [0.717, 1.165) is 6.07 Å². The minimum absolute atomic E-state index is 0.0167. The van der Waals surface area contributed by atoms with Crippen LogP contribution in [-0.4, -0.2) is 95.0 Å². The van der Waals surface area contributed by atoms with Crippen LogP contribution in [0.1, 0.15) is 12.0 Å². The maximum atomic E-state index is 15.9. The van der Waals surface area contributed by atoms with E-state index >= 15 is 4.39 Å². The fourth-order valence-corrected chi connectivity index (χ4v) is 7.75. The van der Waals surface area contributed by atoms with Crippen LogP contribution in [0.15, 0.2) is 49.1 Å². The molecule has 4 aromatic rings. The number of aromatic amines is 1. The number of H-pyrrole nitrogens is 1. The predicted molar refractivity (Wildman–Crippen MR) is 179 cm³/mol. The highest BCUT2D eigenvalue weighted by molar-refractivity contribution is 7.70. The van der Waals surface area contributed by atoms with Crippen molar-refractivity contribution in [3.05, 3.63) is 65.6 Å². The average Bonchev–Trinajstić information content (AvgIpc) is 3.39. The Morgan fingerprint density at radius 2 is 1.82 bits per heavy atom. The summed E-state index contributed by atoms with van der Waals surface area (Å²) in [7, 11) is -9.02. The molecule has 0 bridgehead atoms. The zero-order valence-electron chi connectivity index (χ0n) is 25.8.